The van der Waals surface area contributed by atoms with Gasteiger partial charge in [-0.2, -0.15) is 18.3 Å². The Labute approximate surface area is 95.5 Å². The van der Waals surface area contributed by atoms with Crippen LogP contribution in [-0.4, -0.2) is 35.9 Å². The first kappa shape index (κ1) is 13.5. The van der Waals surface area contributed by atoms with Crippen LogP contribution in [0.2, 0.25) is 0 Å². The molecule has 1 heterocycles. The van der Waals surface area contributed by atoms with E-state index in [1.165, 1.54) is 13.3 Å². The van der Waals surface area contributed by atoms with E-state index in [4.69, 9.17) is 0 Å². The fraction of sp³-hybridized carbons (Fsp3) is 0.556. The molecule has 0 bridgehead atoms. The second kappa shape index (κ2) is 5.67. The molecule has 0 spiro atoms. The fourth-order valence-electron chi connectivity index (χ4n) is 1.13. The quantitative estimate of drug-likeness (QED) is 0.836. The lowest BCUT2D eigenvalue weighted by atomic mass is 10.4. The van der Waals surface area contributed by atoms with Gasteiger partial charge < -0.3 is 10.1 Å². The second-order valence-electron chi connectivity index (χ2n) is 3.24. The molecule has 0 saturated carbocycles. The first-order chi connectivity index (χ1) is 7.93. The summed E-state index contributed by atoms with van der Waals surface area (Å²) in [5, 5.41) is 5.81. The normalized spacial score (nSPS) is 11.5. The van der Waals surface area contributed by atoms with Crippen LogP contribution in [0.15, 0.2) is 12.3 Å². The zero-order valence-corrected chi connectivity index (χ0v) is 9.12. The van der Waals surface area contributed by atoms with Gasteiger partial charge in [-0.1, -0.05) is 0 Å². The molecule has 1 aromatic heterocycles. The number of amides is 1. The topological polar surface area (TPSA) is 56.1 Å². The maximum absolute atomic E-state index is 12.2. The zero-order valence-electron chi connectivity index (χ0n) is 9.12. The minimum absolute atomic E-state index is 0.0765. The van der Waals surface area contributed by atoms with Crippen LogP contribution >= 0.6 is 0 Å². The van der Waals surface area contributed by atoms with Gasteiger partial charge in [0.15, 0.2) is 5.69 Å². The number of halogens is 3. The maximum Gasteiger partial charge on any atom is 0.435 e. The van der Waals surface area contributed by atoms with Gasteiger partial charge >= 0.3 is 6.18 Å². The highest BCUT2D eigenvalue weighted by Gasteiger charge is 2.33. The van der Waals surface area contributed by atoms with Crippen molar-refractivity contribution in [2.45, 2.75) is 12.7 Å². The number of carbonyl (C=O) groups excluding carboxylic acids is 1. The van der Waals surface area contributed by atoms with Gasteiger partial charge in [0.2, 0.25) is 5.91 Å². The van der Waals surface area contributed by atoms with Gasteiger partial charge in [0, 0.05) is 19.9 Å². The number of rotatable bonds is 5. The number of nitrogens with zero attached hydrogens (tertiary/aromatic N) is 2. The first-order valence-corrected chi connectivity index (χ1v) is 4.80. The lowest BCUT2D eigenvalue weighted by Gasteiger charge is -2.05. The van der Waals surface area contributed by atoms with Crippen LogP contribution in [0.5, 0.6) is 0 Å². The molecule has 0 aliphatic rings. The number of aromatic nitrogens is 2. The van der Waals surface area contributed by atoms with E-state index in [-0.39, 0.29) is 25.6 Å². The summed E-state index contributed by atoms with van der Waals surface area (Å²) in [6.45, 7) is 0.291. The van der Waals surface area contributed by atoms with Gasteiger partial charge in [-0.3, -0.25) is 9.48 Å². The number of alkyl halides is 3. The van der Waals surface area contributed by atoms with Crippen molar-refractivity contribution < 1.29 is 22.7 Å². The monoisotopic (exact) mass is 251 g/mol. The number of hydrogen-bond donors (Lipinski definition) is 1. The number of methoxy groups -OCH3 is 1. The molecule has 0 aliphatic heterocycles. The molecule has 1 N–H and O–H groups in total. The van der Waals surface area contributed by atoms with Crippen molar-refractivity contribution in [1.29, 1.82) is 0 Å². The molecule has 0 unspecified atom stereocenters. The molecule has 17 heavy (non-hydrogen) atoms. The minimum atomic E-state index is -4.44. The molecular weight excluding hydrogens is 239 g/mol. The summed E-state index contributed by atoms with van der Waals surface area (Å²) < 4.78 is 42.3. The third-order valence-electron chi connectivity index (χ3n) is 1.87. The van der Waals surface area contributed by atoms with Crippen molar-refractivity contribution in [3.05, 3.63) is 18.0 Å². The Bertz CT molecular complexity index is 376. The average molecular weight is 251 g/mol. The van der Waals surface area contributed by atoms with E-state index >= 15 is 0 Å². The van der Waals surface area contributed by atoms with Crippen molar-refractivity contribution in [1.82, 2.24) is 15.1 Å². The van der Waals surface area contributed by atoms with Gasteiger partial charge in [-0.25, -0.2) is 0 Å². The summed E-state index contributed by atoms with van der Waals surface area (Å²) in [7, 11) is 1.38. The fourth-order valence-corrected chi connectivity index (χ4v) is 1.13. The van der Waals surface area contributed by atoms with Gasteiger partial charge in [-0.15, -0.1) is 0 Å². The highest BCUT2D eigenvalue weighted by atomic mass is 19.4. The zero-order chi connectivity index (χ0) is 12.9. The van der Waals surface area contributed by atoms with Gasteiger partial charge in [0.05, 0.1) is 6.54 Å². The third kappa shape index (κ3) is 4.43. The Balaban J connectivity index is 2.38. The van der Waals surface area contributed by atoms with Crippen LogP contribution in [0.25, 0.3) is 0 Å². The van der Waals surface area contributed by atoms with Crippen molar-refractivity contribution in [2.24, 2.45) is 0 Å². The maximum atomic E-state index is 12.2. The largest absolute Gasteiger partial charge is 0.435 e. The molecule has 0 aliphatic carbocycles. The molecule has 0 aromatic carbocycles. The lowest BCUT2D eigenvalue weighted by Crippen LogP contribution is -2.30. The van der Waals surface area contributed by atoms with E-state index in [2.05, 4.69) is 15.2 Å². The Morgan fingerprint density at radius 2 is 2.29 bits per heavy atom. The molecule has 0 radical (unpaired) electrons. The summed E-state index contributed by atoms with van der Waals surface area (Å²) in [6.07, 6.45) is -3.23. The average Bonchev–Trinajstić information content (AvgIpc) is 2.66. The van der Waals surface area contributed by atoms with Gasteiger partial charge in [0.1, 0.15) is 6.61 Å². The molecule has 1 aromatic rings. The van der Waals surface area contributed by atoms with E-state index in [0.717, 1.165) is 10.7 Å². The minimum Gasteiger partial charge on any atom is -0.375 e. The van der Waals surface area contributed by atoms with E-state index < -0.39 is 11.9 Å². The number of nitrogens with one attached hydrogen (secondary N) is 1. The molecule has 5 nitrogen and oxygen atoms in total. The molecular formula is C9H12F3N3O2. The van der Waals surface area contributed by atoms with Gasteiger partial charge in [-0.05, 0) is 6.07 Å². The standard InChI is InChI=1S/C9H12F3N3O2/c1-17-6-8(16)13-3-5-15-4-2-7(14-15)9(10,11)12/h2,4H,3,5-6H2,1H3,(H,13,16). The summed E-state index contributed by atoms with van der Waals surface area (Å²) in [4.78, 5) is 11.0. The predicted molar refractivity (Wildman–Crippen MR) is 52.1 cm³/mol. The molecule has 0 fully saturated rings. The lowest BCUT2D eigenvalue weighted by molar-refractivity contribution is -0.141. The molecule has 8 heteroatoms. The smallest absolute Gasteiger partial charge is 0.375 e. The number of ether oxygens (including phenoxy) is 1. The summed E-state index contributed by atoms with van der Waals surface area (Å²) in [5.41, 5.74) is -0.944. The number of hydrogen-bond acceptors (Lipinski definition) is 3. The van der Waals surface area contributed by atoms with E-state index in [0.29, 0.717) is 0 Å². The SMILES string of the molecule is COCC(=O)NCCn1ccc(C(F)(F)F)n1. The number of carbonyl (C=O) groups is 1. The summed E-state index contributed by atoms with van der Waals surface area (Å²) in [6, 6.07) is 0.886. The summed E-state index contributed by atoms with van der Waals surface area (Å²) >= 11 is 0. The Morgan fingerprint density at radius 3 is 2.82 bits per heavy atom. The van der Waals surface area contributed by atoms with Crippen LogP contribution < -0.4 is 5.32 Å². The third-order valence-corrected chi connectivity index (χ3v) is 1.87. The highest BCUT2D eigenvalue weighted by molar-refractivity contribution is 5.77. The van der Waals surface area contributed by atoms with E-state index in [1.54, 1.807) is 0 Å². The van der Waals surface area contributed by atoms with Crippen LogP contribution in [-0.2, 0) is 22.3 Å². The molecule has 96 valence electrons. The van der Waals surface area contributed by atoms with Crippen molar-refractivity contribution in [2.75, 3.05) is 20.3 Å². The second-order valence-corrected chi connectivity index (χ2v) is 3.24. The molecule has 0 saturated heterocycles. The van der Waals surface area contributed by atoms with Crippen LogP contribution in [0.4, 0.5) is 13.2 Å². The molecule has 1 amide bonds. The van der Waals surface area contributed by atoms with Crippen LogP contribution in [0.3, 0.4) is 0 Å². The highest BCUT2D eigenvalue weighted by Crippen LogP contribution is 2.26. The predicted octanol–water partition coefficient (Wildman–Crippen LogP) is 0.664. The van der Waals surface area contributed by atoms with E-state index in [9.17, 15) is 18.0 Å². The Hall–Kier alpha value is -1.57. The van der Waals surface area contributed by atoms with Crippen LogP contribution in [0.1, 0.15) is 5.69 Å². The Kier molecular flexibility index (Phi) is 4.50. The van der Waals surface area contributed by atoms with Crippen molar-refractivity contribution in [3.8, 4) is 0 Å². The van der Waals surface area contributed by atoms with Gasteiger partial charge in [0.25, 0.3) is 0 Å². The van der Waals surface area contributed by atoms with Crippen LogP contribution in [0, 0.1) is 0 Å². The molecule has 0 atom stereocenters. The first-order valence-electron chi connectivity index (χ1n) is 4.80. The molecule has 1 rings (SSSR count). The summed E-state index contributed by atoms with van der Waals surface area (Å²) in [5.74, 6) is -0.323. The van der Waals surface area contributed by atoms with Crippen molar-refractivity contribution >= 4 is 5.91 Å². The van der Waals surface area contributed by atoms with E-state index in [1.807, 2.05) is 0 Å². The van der Waals surface area contributed by atoms with Crippen molar-refractivity contribution in [3.63, 3.8) is 0 Å². The Morgan fingerprint density at radius 1 is 1.59 bits per heavy atom.